The van der Waals surface area contributed by atoms with Gasteiger partial charge in [-0.3, -0.25) is 0 Å². The lowest BCUT2D eigenvalue weighted by Gasteiger charge is -2.06. The van der Waals surface area contributed by atoms with E-state index in [1.165, 1.54) is 25.7 Å². The highest BCUT2D eigenvalue weighted by Crippen LogP contribution is 2.11. The predicted octanol–water partition coefficient (Wildman–Crippen LogP) is 3.78. The van der Waals surface area contributed by atoms with Gasteiger partial charge in [0.2, 0.25) is 0 Å². The Hall–Kier alpha value is -0.260. The molecule has 0 saturated heterocycles. The lowest BCUT2D eigenvalue weighted by Crippen LogP contribution is -1.91. The van der Waals surface area contributed by atoms with Gasteiger partial charge in [0.15, 0.2) is 0 Å². The summed E-state index contributed by atoms with van der Waals surface area (Å²) < 4.78 is 0. The molecule has 0 aromatic carbocycles. The SMILES string of the molecule is C/C=C\CCC(C)CCC. The fourth-order valence-electron chi connectivity index (χ4n) is 1.18. The van der Waals surface area contributed by atoms with E-state index < -0.39 is 0 Å². The van der Waals surface area contributed by atoms with Crippen LogP contribution in [-0.4, -0.2) is 0 Å². The molecule has 0 nitrogen and oxygen atoms in total. The standard InChI is InChI=1S/C10H20/c1-4-6-7-9-10(3)8-5-2/h4,6,10H,5,7-9H2,1-3H3/b6-4-. The van der Waals surface area contributed by atoms with Crippen LogP contribution in [-0.2, 0) is 0 Å². The smallest absolute Gasteiger partial charge is 0.0348 e. The molecule has 0 aliphatic rings. The minimum absolute atomic E-state index is 0.918. The Bertz CT molecular complexity index is 82.0. The topological polar surface area (TPSA) is 0 Å². The van der Waals surface area contributed by atoms with E-state index in [0.717, 1.165) is 5.92 Å². The zero-order chi connectivity index (χ0) is 7.82. The molecule has 0 N–H and O–H groups in total. The summed E-state index contributed by atoms with van der Waals surface area (Å²) in [5, 5.41) is 0. The molecule has 0 heterocycles. The van der Waals surface area contributed by atoms with Gasteiger partial charge in [-0.25, -0.2) is 0 Å². The van der Waals surface area contributed by atoms with E-state index in [4.69, 9.17) is 0 Å². The zero-order valence-electron chi connectivity index (χ0n) is 7.56. The van der Waals surface area contributed by atoms with Crippen molar-refractivity contribution in [1.29, 1.82) is 0 Å². The molecule has 0 aromatic rings. The molecule has 60 valence electrons. The molecule has 0 fully saturated rings. The second-order valence-corrected chi connectivity index (χ2v) is 3.04. The van der Waals surface area contributed by atoms with Crippen LogP contribution in [0, 0.1) is 5.92 Å². The molecule has 10 heavy (non-hydrogen) atoms. The average Bonchev–Trinajstić information content (AvgIpc) is 1.89. The van der Waals surface area contributed by atoms with Crippen LogP contribution in [0.3, 0.4) is 0 Å². The summed E-state index contributed by atoms with van der Waals surface area (Å²) in [6.45, 7) is 6.68. The van der Waals surface area contributed by atoms with Crippen molar-refractivity contribution in [2.24, 2.45) is 5.92 Å². The maximum absolute atomic E-state index is 2.34. The van der Waals surface area contributed by atoms with E-state index in [9.17, 15) is 0 Å². The molecule has 0 rings (SSSR count). The maximum atomic E-state index is 2.34. The van der Waals surface area contributed by atoms with Crippen molar-refractivity contribution in [2.45, 2.75) is 46.5 Å². The number of hydrogen-bond acceptors (Lipinski definition) is 0. The van der Waals surface area contributed by atoms with Crippen molar-refractivity contribution in [1.82, 2.24) is 0 Å². The van der Waals surface area contributed by atoms with E-state index in [1.807, 2.05) is 0 Å². The molecule has 0 aliphatic carbocycles. The lowest BCUT2D eigenvalue weighted by molar-refractivity contribution is 0.490. The summed E-state index contributed by atoms with van der Waals surface area (Å²) in [5.74, 6) is 0.918. The van der Waals surface area contributed by atoms with E-state index in [0.29, 0.717) is 0 Å². The minimum Gasteiger partial charge on any atom is -0.0917 e. The largest absolute Gasteiger partial charge is 0.0917 e. The van der Waals surface area contributed by atoms with Gasteiger partial charge in [-0.1, -0.05) is 38.8 Å². The van der Waals surface area contributed by atoms with Gasteiger partial charge >= 0.3 is 0 Å². The first-order valence-electron chi connectivity index (χ1n) is 4.42. The van der Waals surface area contributed by atoms with E-state index >= 15 is 0 Å². The second kappa shape index (κ2) is 6.85. The summed E-state index contributed by atoms with van der Waals surface area (Å²) in [5.41, 5.74) is 0. The molecule has 0 bridgehead atoms. The van der Waals surface area contributed by atoms with Crippen LogP contribution in [0.4, 0.5) is 0 Å². The zero-order valence-corrected chi connectivity index (χ0v) is 7.56. The average molecular weight is 140 g/mol. The third-order valence-corrected chi connectivity index (χ3v) is 1.84. The van der Waals surface area contributed by atoms with Crippen LogP contribution < -0.4 is 0 Å². The van der Waals surface area contributed by atoms with Crippen molar-refractivity contribution in [3.05, 3.63) is 12.2 Å². The predicted molar refractivity (Wildman–Crippen MR) is 48.1 cm³/mol. The number of hydrogen-bond donors (Lipinski definition) is 0. The van der Waals surface area contributed by atoms with E-state index in [-0.39, 0.29) is 0 Å². The summed E-state index contributed by atoms with van der Waals surface area (Å²) >= 11 is 0. The lowest BCUT2D eigenvalue weighted by atomic mass is 10.0. The molecule has 0 spiro atoms. The first-order valence-corrected chi connectivity index (χ1v) is 4.42. The van der Waals surface area contributed by atoms with Gasteiger partial charge < -0.3 is 0 Å². The van der Waals surface area contributed by atoms with Gasteiger partial charge in [0.1, 0.15) is 0 Å². The van der Waals surface area contributed by atoms with Gasteiger partial charge in [0, 0.05) is 0 Å². The van der Waals surface area contributed by atoms with Crippen LogP contribution in [0.5, 0.6) is 0 Å². The fraction of sp³-hybridized carbons (Fsp3) is 0.800. The first-order chi connectivity index (χ1) is 4.81. The van der Waals surface area contributed by atoms with Crippen molar-refractivity contribution in [2.75, 3.05) is 0 Å². The van der Waals surface area contributed by atoms with Crippen molar-refractivity contribution in [3.63, 3.8) is 0 Å². The van der Waals surface area contributed by atoms with Gasteiger partial charge in [0.25, 0.3) is 0 Å². The maximum Gasteiger partial charge on any atom is -0.0348 e. The molecular formula is C10H20. The highest BCUT2D eigenvalue weighted by Gasteiger charge is 1.96. The Morgan fingerprint density at radius 3 is 2.50 bits per heavy atom. The molecule has 0 radical (unpaired) electrons. The number of allylic oxidation sites excluding steroid dienone is 2. The normalized spacial score (nSPS) is 14.3. The van der Waals surface area contributed by atoms with E-state index in [1.54, 1.807) is 0 Å². The van der Waals surface area contributed by atoms with Crippen LogP contribution in [0.1, 0.15) is 46.5 Å². The highest BCUT2D eigenvalue weighted by molar-refractivity contribution is 4.77. The highest BCUT2D eigenvalue weighted by atomic mass is 14.0. The van der Waals surface area contributed by atoms with Crippen molar-refractivity contribution >= 4 is 0 Å². The molecule has 0 aliphatic heterocycles. The van der Waals surface area contributed by atoms with Crippen LogP contribution in [0.25, 0.3) is 0 Å². The molecular weight excluding hydrogens is 120 g/mol. The van der Waals surface area contributed by atoms with E-state index in [2.05, 4.69) is 32.9 Å². The molecule has 0 amide bonds. The third-order valence-electron chi connectivity index (χ3n) is 1.84. The Kier molecular flexibility index (Phi) is 6.68. The molecule has 0 aromatic heterocycles. The molecule has 1 unspecified atom stereocenters. The van der Waals surface area contributed by atoms with Crippen LogP contribution in [0.2, 0.25) is 0 Å². The molecule has 1 atom stereocenters. The van der Waals surface area contributed by atoms with Gasteiger partial charge in [-0.15, -0.1) is 0 Å². The minimum atomic E-state index is 0.918. The Labute approximate surface area is 65.3 Å². The van der Waals surface area contributed by atoms with Crippen LogP contribution in [0.15, 0.2) is 12.2 Å². The quantitative estimate of drug-likeness (QED) is 0.510. The monoisotopic (exact) mass is 140 g/mol. The molecule has 0 heteroatoms. The fourth-order valence-corrected chi connectivity index (χ4v) is 1.18. The van der Waals surface area contributed by atoms with Crippen molar-refractivity contribution < 1.29 is 0 Å². The Morgan fingerprint density at radius 1 is 1.30 bits per heavy atom. The summed E-state index contributed by atoms with van der Waals surface area (Å²) in [6.07, 6.45) is 9.73. The van der Waals surface area contributed by atoms with Gasteiger partial charge in [-0.05, 0) is 25.7 Å². The Morgan fingerprint density at radius 2 is 2.00 bits per heavy atom. The van der Waals surface area contributed by atoms with Crippen molar-refractivity contribution in [3.8, 4) is 0 Å². The Balaban J connectivity index is 3.12. The second-order valence-electron chi connectivity index (χ2n) is 3.04. The molecule has 0 saturated carbocycles. The van der Waals surface area contributed by atoms with Crippen LogP contribution >= 0.6 is 0 Å². The summed E-state index contributed by atoms with van der Waals surface area (Å²) in [4.78, 5) is 0. The summed E-state index contributed by atoms with van der Waals surface area (Å²) in [6, 6.07) is 0. The third kappa shape index (κ3) is 5.87. The first kappa shape index (κ1) is 9.74. The number of rotatable bonds is 5. The van der Waals surface area contributed by atoms with Gasteiger partial charge in [0.05, 0.1) is 0 Å². The van der Waals surface area contributed by atoms with Gasteiger partial charge in [-0.2, -0.15) is 0 Å². The summed E-state index contributed by atoms with van der Waals surface area (Å²) in [7, 11) is 0.